The minimum Gasteiger partial charge on any atom is -0.481 e. The molecule has 1 aromatic rings. The summed E-state index contributed by atoms with van der Waals surface area (Å²) in [7, 11) is 0. The molecule has 2 rings (SSSR count). The van der Waals surface area contributed by atoms with Gasteiger partial charge in [-0.25, -0.2) is 0 Å². The second kappa shape index (κ2) is 7.29. The first kappa shape index (κ1) is 14.1. The van der Waals surface area contributed by atoms with E-state index in [1.807, 2.05) is 6.07 Å². The van der Waals surface area contributed by atoms with Gasteiger partial charge in [-0.15, -0.1) is 0 Å². The van der Waals surface area contributed by atoms with Crippen LogP contribution in [0.15, 0.2) is 30.3 Å². The Bertz CT molecular complexity index is 391. The van der Waals surface area contributed by atoms with Crippen LogP contribution in [0.25, 0.3) is 0 Å². The van der Waals surface area contributed by atoms with E-state index in [-0.39, 0.29) is 5.92 Å². The molecule has 0 spiro atoms. The zero-order valence-electron chi connectivity index (χ0n) is 11.3. The lowest BCUT2D eigenvalue weighted by Gasteiger charge is -2.16. The Hall–Kier alpha value is -1.35. The number of hydrogen-bond acceptors (Lipinski definition) is 2. The van der Waals surface area contributed by atoms with E-state index in [9.17, 15) is 4.79 Å². The molecule has 1 aliphatic carbocycles. The van der Waals surface area contributed by atoms with Crippen molar-refractivity contribution < 1.29 is 9.90 Å². The summed E-state index contributed by atoms with van der Waals surface area (Å²) in [5, 5.41) is 12.5. The Morgan fingerprint density at radius 2 is 2.05 bits per heavy atom. The van der Waals surface area contributed by atoms with Gasteiger partial charge in [-0.2, -0.15) is 0 Å². The van der Waals surface area contributed by atoms with Crippen molar-refractivity contribution in [3.05, 3.63) is 35.9 Å². The predicted molar refractivity (Wildman–Crippen MR) is 76.1 cm³/mol. The highest BCUT2D eigenvalue weighted by atomic mass is 16.4. The minimum atomic E-state index is -0.617. The van der Waals surface area contributed by atoms with Crippen LogP contribution in [0.2, 0.25) is 0 Å². The lowest BCUT2D eigenvalue weighted by molar-refractivity contribution is -0.142. The van der Waals surface area contributed by atoms with Crippen LogP contribution in [0.5, 0.6) is 0 Å². The molecule has 0 radical (unpaired) electrons. The first-order valence-corrected chi connectivity index (χ1v) is 7.25. The normalized spacial score (nSPS) is 22.5. The molecule has 0 heterocycles. The van der Waals surface area contributed by atoms with Crippen LogP contribution in [-0.4, -0.2) is 24.2 Å². The van der Waals surface area contributed by atoms with E-state index < -0.39 is 5.97 Å². The number of benzene rings is 1. The first-order valence-electron chi connectivity index (χ1n) is 7.25. The van der Waals surface area contributed by atoms with Crippen molar-refractivity contribution in [3.8, 4) is 0 Å². The van der Waals surface area contributed by atoms with E-state index in [2.05, 4.69) is 29.6 Å². The highest BCUT2D eigenvalue weighted by Gasteiger charge is 2.32. The second-order valence-electron chi connectivity index (χ2n) is 5.43. The van der Waals surface area contributed by atoms with Crippen molar-refractivity contribution >= 4 is 5.97 Å². The molecule has 0 amide bonds. The van der Waals surface area contributed by atoms with E-state index in [4.69, 9.17) is 5.11 Å². The third-order valence-corrected chi connectivity index (χ3v) is 4.04. The number of carbonyl (C=O) groups is 1. The topological polar surface area (TPSA) is 49.3 Å². The van der Waals surface area contributed by atoms with Crippen LogP contribution in [-0.2, 0) is 11.2 Å². The molecule has 0 aliphatic heterocycles. The van der Waals surface area contributed by atoms with E-state index in [0.717, 1.165) is 45.2 Å². The monoisotopic (exact) mass is 261 g/mol. The van der Waals surface area contributed by atoms with Gasteiger partial charge in [0.2, 0.25) is 0 Å². The van der Waals surface area contributed by atoms with Gasteiger partial charge in [-0.05, 0) is 50.3 Å². The zero-order chi connectivity index (χ0) is 13.5. The van der Waals surface area contributed by atoms with Gasteiger partial charge in [0, 0.05) is 0 Å². The third kappa shape index (κ3) is 4.35. The lowest BCUT2D eigenvalue weighted by Crippen LogP contribution is -2.29. The molecular formula is C16H23NO2. The molecule has 2 atom stereocenters. The van der Waals surface area contributed by atoms with E-state index >= 15 is 0 Å². The summed E-state index contributed by atoms with van der Waals surface area (Å²) in [4.78, 5) is 11.1. The Balaban J connectivity index is 1.60. The standard InChI is InChI=1S/C16H23NO2/c18-16(19)15-10-4-9-14(15)12-17-11-5-8-13-6-2-1-3-7-13/h1-3,6-7,14-15,17H,4-5,8-12H2,(H,18,19). The van der Waals surface area contributed by atoms with E-state index in [1.165, 1.54) is 5.56 Å². The second-order valence-corrected chi connectivity index (χ2v) is 5.43. The lowest BCUT2D eigenvalue weighted by atomic mass is 9.96. The fourth-order valence-corrected chi connectivity index (χ4v) is 2.96. The summed E-state index contributed by atoms with van der Waals surface area (Å²) < 4.78 is 0. The van der Waals surface area contributed by atoms with Gasteiger partial charge >= 0.3 is 5.97 Å². The van der Waals surface area contributed by atoms with E-state index in [1.54, 1.807) is 0 Å². The SMILES string of the molecule is O=C(O)C1CCCC1CNCCCc1ccccc1. The van der Waals surface area contributed by atoms with Crippen molar-refractivity contribution in [1.82, 2.24) is 5.32 Å². The van der Waals surface area contributed by atoms with Crippen molar-refractivity contribution in [3.63, 3.8) is 0 Å². The molecule has 3 nitrogen and oxygen atoms in total. The third-order valence-electron chi connectivity index (χ3n) is 4.04. The number of rotatable bonds is 7. The molecule has 2 unspecified atom stereocenters. The predicted octanol–water partition coefficient (Wildman–Crippen LogP) is 2.71. The molecule has 2 N–H and O–H groups in total. The fourth-order valence-electron chi connectivity index (χ4n) is 2.96. The molecule has 3 heteroatoms. The van der Waals surface area contributed by atoms with Gasteiger partial charge in [0.15, 0.2) is 0 Å². The zero-order valence-corrected chi connectivity index (χ0v) is 11.3. The quantitative estimate of drug-likeness (QED) is 0.742. The molecule has 0 aromatic heterocycles. The average molecular weight is 261 g/mol. The number of carboxylic acids is 1. The van der Waals surface area contributed by atoms with Gasteiger partial charge in [-0.3, -0.25) is 4.79 Å². The fraction of sp³-hybridized carbons (Fsp3) is 0.562. The Morgan fingerprint density at radius 1 is 1.26 bits per heavy atom. The summed E-state index contributed by atoms with van der Waals surface area (Å²) in [6, 6.07) is 10.5. The van der Waals surface area contributed by atoms with Crippen molar-refractivity contribution in [2.75, 3.05) is 13.1 Å². The molecule has 104 valence electrons. The van der Waals surface area contributed by atoms with Crippen LogP contribution in [0.1, 0.15) is 31.2 Å². The number of aryl methyl sites for hydroxylation is 1. The molecule has 1 aromatic carbocycles. The van der Waals surface area contributed by atoms with Gasteiger partial charge in [0.05, 0.1) is 5.92 Å². The molecule has 0 saturated heterocycles. The van der Waals surface area contributed by atoms with Gasteiger partial charge in [0.25, 0.3) is 0 Å². The summed E-state index contributed by atoms with van der Waals surface area (Å²) in [5.74, 6) is -0.413. The minimum absolute atomic E-state index is 0.123. The summed E-state index contributed by atoms with van der Waals surface area (Å²) in [6.07, 6.45) is 5.16. The molecular weight excluding hydrogens is 238 g/mol. The van der Waals surface area contributed by atoms with Crippen LogP contribution in [0.3, 0.4) is 0 Å². The molecule has 1 fully saturated rings. The highest BCUT2D eigenvalue weighted by molar-refractivity contribution is 5.70. The van der Waals surface area contributed by atoms with Gasteiger partial charge in [-0.1, -0.05) is 36.8 Å². The Kier molecular flexibility index (Phi) is 5.40. The molecule has 1 aliphatic rings. The van der Waals surface area contributed by atoms with Crippen molar-refractivity contribution in [2.45, 2.75) is 32.1 Å². The average Bonchev–Trinajstić information content (AvgIpc) is 2.88. The van der Waals surface area contributed by atoms with E-state index in [0.29, 0.717) is 5.92 Å². The maximum absolute atomic E-state index is 11.1. The summed E-state index contributed by atoms with van der Waals surface area (Å²) in [5.41, 5.74) is 1.37. The largest absolute Gasteiger partial charge is 0.481 e. The number of aliphatic carboxylic acids is 1. The van der Waals surface area contributed by atoms with Crippen LogP contribution >= 0.6 is 0 Å². The highest BCUT2D eigenvalue weighted by Crippen LogP contribution is 2.31. The Morgan fingerprint density at radius 3 is 2.79 bits per heavy atom. The van der Waals surface area contributed by atoms with Crippen LogP contribution < -0.4 is 5.32 Å². The molecule has 1 saturated carbocycles. The smallest absolute Gasteiger partial charge is 0.306 e. The van der Waals surface area contributed by atoms with Gasteiger partial charge < -0.3 is 10.4 Å². The van der Waals surface area contributed by atoms with Gasteiger partial charge in [0.1, 0.15) is 0 Å². The number of carboxylic acid groups (broad SMARTS) is 1. The maximum atomic E-state index is 11.1. The Labute approximate surface area is 115 Å². The number of nitrogens with one attached hydrogen (secondary N) is 1. The summed E-state index contributed by atoms with van der Waals surface area (Å²) >= 11 is 0. The number of hydrogen-bond donors (Lipinski definition) is 2. The first-order chi connectivity index (χ1) is 9.27. The van der Waals surface area contributed by atoms with Crippen molar-refractivity contribution in [1.29, 1.82) is 0 Å². The summed E-state index contributed by atoms with van der Waals surface area (Å²) in [6.45, 7) is 1.82. The van der Waals surface area contributed by atoms with Crippen molar-refractivity contribution in [2.24, 2.45) is 11.8 Å². The van der Waals surface area contributed by atoms with Crippen LogP contribution in [0.4, 0.5) is 0 Å². The van der Waals surface area contributed by atoms with Crippen LogP contribution in [0, 0.1) is 11.8 Å². The maximum Gasteiger partial charge on any atom is 0.306 e. The molecule has 19 heavy (non-hydrogen) atoms. The molecule has 0 bridgehead atoms.